The van der Waals surface area contributed by atoms with E-state index < -0.39 is 9.84 Å². The van der Waals surface area contributed by atoms with E-state index in [4.69, 9.17) is 16.3 Å². The lowest BCUT2D eigenvalue weighted by Gasteiger charge is -2.39. The van der Waals surface area contributed by atoms with Gasteiger partial charge in [0.25, 0.3) is 0 Å². The average molecular weight is 463 g/mol. The van der Waals surface area contributed by atoms with Crippen LogP contribution >= 0.6 is 11.6 Å². The molecule has 0 unspecified atom stereocenters. The zero-order valence-electron chi connectivity index (χ0n) is 17.1. The number of rotatable bonds is 6. The molecule has 9 heteroatoms. The number of ether oxygens (including phenoxy) is 1. The maximum atomic E-state index is 12.3. The van der Waals surface area contributed by atoms with Crippen molar-refractivity contribution in [2.45, 2.75) is 30.1 Å². The summed E-state index contributed by atoms with van der Waals surface area (Å²) in [5, 5.41) is 0.354. The summed E-state index contributed by atoms with van der Waals surface area (Å²) in [5.74, 6) is 0.270. The summed E-state index contributed by atoms with van der Waals surface area (Å²) in [6.07, 6.45) is 4.39. The third-order valence-corrected chi connectivity index (χ3v) is 7.24. The zero-order chi connectivity index (χ0) is 22.2. The molecular weight excluding hydrogens is 440 g/mol. The fourth-order valence-corrected chi connectivity index (χ4v) is 4.87. The van der Waals surface area contributed by atoms with Crippen LogP contribution in [0.1, 0.15) is 30.9 Å². The van der Waals surface area contributed by atoms with Gasteiger partial charge in [-0.2, -0.15) is 0 Å². The molecule has 1 aromatic heterocycles. The minimum atomic E-state index is -3.32. The molecule has 0 N–H and O–H groups in total. The number of benzene rings is 1. The van der Waals surface area contributed by atoms with Gasteiger partial charge in [-0.25, -0.2) is 8.42 Å². The summed E-state index contributed by atoms with van der Waals surface area (Å²) < 4.78 is 28.3. The molecule has 0 saturated carbocycles. The van der Waals surface area contributed by atoms with Crippen LogP contribution in [0.4, 0.5) is 0 Å². The van der Waals surface area contributed by atoms with Crippen LogP contribution in [-0.2, 0) is 24.2 Å². The number of halogens is 1. The van der Waals surface area contributed by atoms with Crippen LogP contribution in [0.25, 0.3) is 11.1 Å². The third kappa shape index (κ3) is 4.91. The van der Waals surface area contributed by atoms with E-state index in [2.05, 4.69) is 4.98 Å². The van der Waals surface area contributed by atoms with Gasteiger partial charge in [0.1, 0.15) is 0 Å². The van der Waals surface area contributed by atoms with Crippen molar-refractivity contribution < 1.29 is 22.7 Å². The lowest BCUT2D eigenvalue weighted by molar-refractivity contribution is -0.138. The van der Waals surface area contributed by atoms with E-state index in [-0.39, 0.29) is 28.6 Å². The Morgan fingerprint density at radius 2 is 2.03 bits per heavy atom. The van der Waals surface area contributed by atoms with Crippen LogP contribution < -0.4 is 0 Å². The molecule has 1 atom stereocenters. The van der Waals surface area contributed by atoms with Crippen molar-refractivity contribution in [2.75, 3.05) is 26.0 Å². The second-order valence-electron chi connectivity index (χ2n) is 8.17. The number of carbonyl (C=O) groups excluding carboxylic acids is 2. The molecule has 7 nitrogen and oxygen atoms in total. The Balaban J connectivity index is 1.32. The van der Waals surface area contributed by atoms with Crippen LogP contribution in [0.5, 0.6) is 0 Å². The minimum absolute atomic E-state index is 0.102. The molecule has 0 aliphatic carbocycles. The van der Waals surface area contributed by atoms with Crippen LogP contribution in [0.2, 0.25) is 5.02 Å². The summed E-state index contributed by atoms with van der Waals surface area (Å²) in [4.78, 5) is 30.0. The largest absolute Gasteiger partial charge is 0.465 e. The molecule has 2 fully saturated rings. The number of nitrogens with zero attached hydrogens (tertiary/aromatic N) is 2. The second kappa shape index (κ2) is 8.59. The topological polar surface area (TPSA) is 93.6 Å². The molecule has 1 amide bonds. The first-order chi connectivity index (χ1) is 14.7. The number of amides is 1. The summed E-state index contributed by atoms with van der Waals surface area (Å²) >= 11 is 6.29. The Hall–Kier alpha value is -2.45. The Kier molecular flexibility index (Phi) is 6.03. The standard InChI is InChI=1S/C22H23ClN2O5S/c1-31(28,29)17-4-5-18(19(23)9-17)15-3-6-20(24-10-15)16-11-25(12-16)21(26)7-2-14-8-22(27)30-13-14/h3-6,9-10,14,16H,2,7-8,11-13H2,1H3/t14-/m0/s1. The van der Waals surface area contributed by atoms with Crippen molar-refractivity contribution in [2.24, 2.45) is 5.92 Å². The number of pyridine rings is 1. The third-order valence-electron chi connectivity index (χ3n) is 5.82. The van der Waals surface area contributed by atoms with Crippen LogP contribution in [0.15, 0.2) is 41.4 Å². The van der Waals surface area contributed by atoms with Gasteiger partial charge < -0.3 is 9.64 Å². The van der Waals surface area contributed by atoms with Crippen molar-refractivity contribution >= 4 is 33.3 Å². The zero-order valence-corrected chi connectivity index (χ0v) is 18.7. The molecule has 2 aromatic rings. The lowest BCUT2D eigenvalue weighted by Crippen LogP contribution is -2.48. The summed E-state index contributed by atoms with van der Waals surface area (Å²) in [5.41, 5.74) is 2.42. The van der Waals surface area contributed by atoms with Gasteiger partial charge in [-0.15, -0.1) is 0 Å². The van der Waals surface area contributed by atoms with Gasteiger partial charge in [0.05, 0.1) is 17.9 Å². The number of cyclic esters (lactones) is 1. The van der Waals surface area contributed by atoms with Crippen molar-refractivity contribution in [3.63, 3.8) is 0 Å². The van der Waals surface area contributed by atoms with E-state index in [1.807, 2.05) is 17.0 Å². The van der Waals surface area contributed by atoms with E-state index in [1.54, 1.807) is 12.3 Å². The first-order valence-electron chi connectivity index (χ1n) is 10.1. The van der Waals surface area contributed by atoms with Crippen LogP contribution in [-0.4, -0.2) is 56.1 Å². The quantitative estimate of drug-likeness (QED) is 0.612. The lowest BCUT2D eigenvalue weighted by atomic mass is 9.93. The number of esters is 1. The SMILES string of the molecule is CS(=O)(=O)c1ccc(-c2ccc(C3CN(C(=O)CC[C@@H]4COC(=O)C4)C3)nc2)c(Cl)c1. The fraction of sp³-hybridized carbons (Fsp3) is 0.409. The first-order valence-corrected chi connectivity index (χ1v) is 12.4. The van der Waals surface area contributed by atoms with Gasteiger partial charge in [0.2, 0.25) is 5.91 Å². The normalized spacial score (nSPS) is 19.2. The highest BCUT2D eigenvalue weighted by atomic mass is 35.5. The van der Waals surface area contributed by atoms with Crippen LogP contribution in [0, 0.1) is 5.92 Å². The Bertz CT molecular complexity index is 1110. The molecule has 31 heavy (non-hydrogen) atoms. The van der Waals surface area contributed by atoms with E-state index >= 15 is 0 Å². The maximum Gasteiger partial charge on any atom is 0.306 e. The van der Waals surface area contributed by atoms with Crippen molar-refractivity contribution in [3.8, 4) is 11.1 Å². The molecule has 2 aliphatic rings. The molecule has 4 rings (SSSR count). The van der Waals surface area contributed by atoms with Gasteiger partial charge in [0, 0.05) is 65.6 Å². The molecule has 0 bridgehead atoms. The summed E-state index contributed by atoms with van der Waals surface area (Å²) in [7, 11) is -3.32. The van der Waals surface area contributed by atoms with Crippen LogP contribution in [0.3, 0.4) is 0 Å². The van der Waals surface area contributed by atoms with Gasteiger partial charge in [-0.05, 0) is 24.6 Å². The predicted molar refractivity (Wildman–Crippen MR) is 115 cm³/mol. The molecule has 3 heterocycles. The average Bonchev–Trinajstić information content (AvgIpc) is 3.10. The molecule has 164 valence electrons. The molecular formula is C22H23ClN2O5S. The Labute approximate surface area is 186 Å². The molecule has 2 saturated heterocycles. The number of aromatic nitrogens is 1. The summed E-state index contributed by atoms with van der Waals surface area (Å²) in [6, 6.07) is 8.49. The molecule has 0 spiro atoms. The smallest absolute Gasteiger partial charge is 0.306 e. The second-order valence-corrected chi connectivity index (χ2v) is 10.6. The Morgan fingerprint density at radius 1 is 1.26 bits per heavy atom. The highest BCUT2D eigenvalue weighted by Crippen LogP contribution is 2.32. The van der Waals surface area contributed by atoms with Gasteiger partial charge in [-0.1, -0.05) is 23.7 Å². The van der Waals surface area contributed by atoms with Crippen molar-refractivity contribution in [1.82, 2.24) is 9.88 Å². The molecule has 2 aliphatic heterocycles. The van der Waals surface area contributed by atoms with E-state index in [1.165, 1.54) is 12.1 Å². The minimum Gasteiger partial charge on any atom is -0.465 e. The van der Waals surface area contributed by atoms with Gasteiger partial charge in [0.15, 0.2) is 9.84 Å². The Morgan fingerprint density at radius 3 is 2.61 bits per heavy atom. The van der Waals surface area contributed by atoms with Gasteiger partial charge >= 0.3 is 5.97 Å². The van der Waals surface area contributed by atoms with E-state index in [9.17, 15) is 18.0 Å². The summed E-state index contributed by atoms with van der Waals surface area (Å²) in [6.45, 7) is 1.69. The highest BCUT2D eigenvalue weighted by Gasteiger charge is 2.33. The number of hydrogen-bond donors (Lipinski definition) is 0. The predicted octanol–water partition coefficient (Wildman–Crippen LogP) is 3.07. The van der Waals surface area contributed by atoms with E-state index in [0.29, 0.717) is 49.5 Å². The molecule has 0 radical (unpaired) electrons. The highest BCUT2D eigenvalue weighted by molar-refractivity contribution is 7.90. The fourth-order valence-electron chi connectivity index (χ4n) is 3.87. The van der Waals surface area contributed by atoms with Crippen molar-refractivity contribution in [1.29, 1.82) is 0 Å². The number of hydrogen-bond acceptors (Lipinski definition) is 6. The van der Waals surface area contributed by atoms with Gasteiger partial charge in [-0.3, -0.25) is 14.6 Å². The number of likely N-dealkylation sites (tertiary alicyclic amines) is 1. The van der Waals surface area contributed by atoms with Crippen molar-refractivity contribution in [3.05, 3.63) is 47.2 Å². The molecule has 1 aromatic carbocycles. The first kappa shape index (κ1) is 21.8. The maximum absolute atomic E-state index is 12.3. The monoisotopic (exact) mass is 462 g/mol. The van der Waals surface area contributed by atoms with E-state index in [0.717, 1.165) is 17.5 Å². The number of sulfone groups is 1. The number of carbonyl (C=O) groups is 2.